The Kier molecular flexibility index (Phi) is 5.64. The Labute approximate surface area is 162 Å². The van der Waals surface area contributed by atoms with Gasteiger partial charge in [0.2, 0.25) is 0 Å². The second-order valence-electron chi connectivity index (χ2n) is 5.61. The summed E-state index contributed by atoms with van der Waals surface area (Å²) in [6, 6.07) is 13.4. The van der Waals surface area contributed by atoms with Crippen LogP contribution in [0, 0.1) is 0 Å². The van der Waals surface area contributed by atoms with E-state index in [9.17, 15) is 4.79 Å². The van der Waals surface area contributed by atoms with Crippen LogP contribution < -0.4 is 14.4 Å². The number of carbonyl (C=O) groups is 1. The lowest BCUT2D eigenvalue weighted by atomic mass is 10.1. The van der Waals surface area contributed by atoms with E-state index in [0.29, 0.717) is 20.7 Å². The number of aryl methyl sites for hydroxylation is 1. The molecule has 0 radical (unpaired) electrons. The molecule has 1 amide bonds. The van der Waals surface area contributed by atoms with Gasteiger partial charge in [0.15, 0.2) is 15.8 Å². The normalized spacial score (nSPS) is 15.7. The Balaban J connectivity index is 1.95. The molecule has 1 aliphatic rings. The summed E-state index contributed by atoms with van der Waals surface area (Å²) in [4.78, 5) is 15.2. The molecule has 1 saturated heterocycles. The van der Waals surface area contributed by atoms with Crippen LogP contribution in [-0.2, 0) is 11.2 Å². The first-order valence-corrected chi connectivity index (χ1v) is 9.39. The summed E-state index contributed by atoms with van der Waals surface area (Å²) in [6.45, 7) is 2.07. The summed E-state index contributed by atoms with van der Waals surface area (Å²) in [5, 5.41) is 0. The van der Waals surface area contributed by atoms with Gasteiger partial charge in [-0.15, -0.1) is 0 Å². The molecule has 0 N–H and O–H groups in total. The molecule has 2 aromatic rings. The second kappa shape index (κ2) is 7.93. The molecule has 134 valence electrons. The molecule has 4 nitrogen and oxygen atoms in total. The van der Waals surface area contributed by atoms with Gasteiger partial charge >= 0.3 is 0 Å². The Morgan fingerprint density at radius 1 is 1.12 bits per heavy atom. The summed E-state index contributed by atoms with van der Waals surface area (Å²) < 4.78 is 11.1. The summed E-state index contributed by atoms with van der Waals surface area (Å²) >= 11 is 6.78. The van der Waals surface area contributed by atoms with E-state index < -0.39 is 0 Å². The molecule has 0 aromatic heterocycles. The van der Waals surface area contributed by atoms with Gasteiger partial charge in [-0.05, 0) is 41.8 Å². The predicted octanol–water partition coefficient (Wildman–Crippen LogP) is 4.67. The van der Waals surface area contributed by atoms with Gasteiger partial charge in [0.05, 0.1) is 24.8 Å². The van der Waals surface area contributed by atoms with Crippen molar-refractivity contribution in [3.63, 3.8) is 0 Å². The van der Waals surface area contributed by atoms with Crippen LogP contribution in [0.4, 0.5) is 5.69 Å². The lowest BCUT2D eigenvalue weighted by molar-refractivity contribution is -0.113. The first-order valence-electron chi connectivity index (χ1n) is 8.17. The molecule has 1 aliphatic heterocycles. The van der Waals surface area contributed by atoms with E-state index in [1.807, 2.05) is 48.5 Å². The zero-order valence-electron chi connectivity index (χ0n) is 14.8. The second-order valence-corrected chi connectivity index (χ2v) is 7.29. The van der Waals surface area contributed by atoms with E-state index >= 15 is 0 Å². The van der Waals surface area contributed by atoms with Crippen LogP contribution >= 0.6 is 24.0 Å². The average molecular weight is 386 g/mol. The maximum atomic E-state index is 13.0. The zero-order valence-corrected chi connectivity index (χ0v) is 16.4. The van der Waals surface area contributed by atoms with Crippen molar-refractivity contribution in [1.29, 1.82) is 0 Å². The Morgan fingerprint density at radius 3 is 2.54 bits per heavy atom. The third-order valence-corrected chi connectivity index (χ3v) is 5.41. The van der Waals surface area contributed by atoms with E-state index in [1.165, 1.54) is 11.8 Å². The van der Waals surface area contributed by atoms with Gasteiger partial charge < -0.3 is 9.47 Å². The van der Waals surface area contributed by atoms with Crippen LogP contribution in [0.25, 0.3) is 6.08 Å². The monoisotopic (exact) mass is 385 g/mol. The standard InChI is InChI=1S/C20H19NO3S2/c1-4-14-7-5-6-8-15(14)21-19(22)18(26-20(21)25)12-13-9-10-16(23-2)17(11-13)24-3/h5-12H,4H2,1-3H3. The molecule has 0 saturated carbocycles. The van der Waals surface area contributed by atoms with Gasteiger partial charge in [0.25, 0.3) is 5.91 Å². The van der Waals surface area contributed by atoms with Gasteiger partial charge in [-0.1, -0.05) is 55.2 Å². The number of amides is 1. The van der Waals surface area contributed by atoms with Crippen molar-refractivity contribution >= 4 is 46.0 Å². The SMILES string of the molecule is CCc1ccccc1N1C(=O)C(=Cc2ccc(OC)c(OC)c2)SC1=S. The highest BCUT2D eigenvalue weighted by Gasteiger charge is 2.34. The molecule has 1 heterocycles. The minimum absolute atomic E-state index is 0.101. The van der Waals surface area contributed by atoms with Crippen LogP contribution in [0.5, 0.6) is 11.5 Å². The lowest BCUT2D eigenvalue weighted by Gasteiger charge is -2.18. The van der Waals surface area contributed by atoms with Crippen molar-refractivity contribution in [2.24, 2.45) is 0 Å². The van der Waals surface area contributed by atoms with Gasteiger partial charge in [-0.2, -0.15) is 0 Å². The molecule has 0 atom stereocenters. The van der Waals surface area contributed by atoms with Crippen LogP contribution in [-0.4, -0.2) is 24.4 Å². The van der Waals surface area contributed by atoms with E-state index in [2.05, 4.69) is 6.92 Å². The number of methoxy groups -OCH3 is 2. The van der Waals surface area contributed by atoms with Gasteiger partial charge in [0, 0.05) is 0 Å². The number of para-hydroxylation sites is 1. The van der Waals surface area contributed by atoms with Crippen molar-refractivity contribution < 1.29 is 14.3 Å². The number of benzene rings is 2. The molecule has 1 fully saturated rings. The van der Waals surface area contributed by atoms with E-state index in [0.717, 1.165) is 23.2 Å². The molecule has 0 spiro atoms. The highest BCUT2D eigenvalue weighted by Crippen LogP contribution is 2.38. The highest BCUT2D eigenvalue weighted by molar-refractivity contribution is 8.27. The number of rotatable bonds is 5. The largest absolute Gasteiger partial charge is 0.493 e. The maximum Gasteiger partial charge on any atom is 0.270 e. The highest BCUT2D eigenvalue weighted by atomic mass is 32.2. The molecule has 3 rings (SSSR count). The van der Waals surface area contributed by atoms with E-state index in [1.54, 1.807) is 19.1 Å². The van der Waals surface area contributed by atoms with Crippen molar-refractivity contribution in [3.8, 4) is 11.5 Å². The fourth-order valence-corrected chi connectivity index (χ4v) is 4.08. The summed E-state index contributed by atoms with van der Waals surface area (Å²) in [7, 11) is 3.18. The number of thioether (sulfide) groups is 1. The summed E-state index contributed by atoms with van der Waals surface area (Å²) in [6.07, 6.45) is 2.66. The van der Waals surface area contributed by atoms with Gasteiger partial charge in [0.1, 0.15) is 0 Å². The number of ether oxygens (including phenoxy) is 2. The van der Waals surface area contributed by atoms with Crippen molar-refractivity contribution in [3.05, 3.63) is 58.5 Å². The number of hydrogen-bond acceptors (Lipinski definition) is 5. The minimum Gasteiger partial charge on any atom is -0.493 e. The topological polar surface area (TPSA) is 38.8 Å². The van der Waals surface area contributed by atoms with Gasteiger partial charge in [-0.25, -0.2) is 0 Å². The first-order chi connectivity index (χ1) is 12.6. The Hall–Kier alpha value is -2.31. The molecule has 0 bridgehead atoms. The molecular formula is C20H19NO3S2. The molecular weight excluding hydrogens is 366 g/mol. The van der Waals surface area contributed by atoms with Crippen LogP contribution in [0.2, 0.25) is 0 Å². The van der Waals surface area contributed by atoms with Crippen molar-refractivity contribution in [1.82, 2.24) is 0 Å². The zero-order chi connectivity index (χ0) is 18.7. The maximum absolute atomic E-state index is 13.0. The first kappa shape index (κ1) is 18.5. The number of hydrogen-bond donors (Lipinski definition) is 0. The van der Waals surface area contributed by atoms with E-state index in [-0.39, 0.29) is 5.91 Å². The molecule has 26 heavy (non-hydrogen) atoms. The third kappa shape index (κ3) is 3.48. The van der Waals surface area contributed by atoms with Crippen molar-refractivity contribution in [2.75, 3.05) is 19.1 Å². The number of nitrogens with zero attached hydrogens (tertiary/aromatic N) is 1. The minimum atomic E-state index is -0.101. The smallest absolute Gasteiger partial charge is 0.270 e. The van der Waals surface area contributed by atoms with E-state index in [4.69, 9.17) is 21.7 Å². The lowest BCUT2D eigenvalue weighted by Crippen LogP contribution is -2.28. The van der Waals surface area contributed by atoms with Gasteiger partial charge in [-0.3, -0.25) is 9.69 Å². The number of thiocarbonyl (C=S) groups is 1. The predicted molar refractivity (Wildman–Crippen MR) is 111 cm³/mol. The quantitative estimate of drug-likeness (QED) is 0.552. The molecule has 2 aromatic carbocycles. The Bertz CT molecular complexity index is 892. The van der Waals surface area contributed by atoms with Crippen LogP contribution in [0.3, 0.4) is 0 Å². The third-order valence-electron chi connectivity index (χ3n) is 4.11. The summed E-state index contributed by atoms with van der Waals surface area (Å²) in [5.74, 6) is 1.16. The molecule has 0 unspecified atom stereocenters. The fraction of sp³-hybridized carbons (Fsp3) is 0.200. The average Bonchev–Trinajstić information content (AvgIpc) is 2.94. The number of anilines is 1. The Morgan fingerprint density at radius 2 is 1.85 bits per heavy atom. The van der Waals surface area contributed by atoms with Crippen molar-refractivity contribution in [2.45, 2.75) is 13.3 Å². The van der Waals surface area contributed by atoms with Crippen LogP contribution in [0.1, 0.15) is 18.1 Å². The molecule has 6 heteroatoms. The summed E-state index contributed by atoms with van der Waals surface area (Å²) in [5.41, 5.74) is 2.80. The van der Waals surface area contributed by atoms with Crippen LogP contribution in [0.15, 0.2) is 47.4 Å². The fourth-order valence-electron chi connectivity index (χ4n) is 2.80. The number of carbonyl (C=O) groups excluding carboxylic acids is 1. The molecule has 0 aliphatic carbocycles.